The predicted molar refractivity (Wildman–Crippen MR) is 111 cm³/mol. The molecular formula is C19H25Cl2FN4O. The predicted octanol–water partition coefficient (Wildman–Crippen LogP) is 3.88. The zero-order valence-electron chi connectivity index (χ0n) is 15.2. The third-order valence-electron chi connectivity index (χ3n) is 4.56. The van der Waals surface area contributed by atoms with Crippen LogP contribution in [0.4, 0.5) is 15.9 Å². The minimum atomic E-state index is -0.376. The summed E-state index contributed by atoms with van der Waals surface area (Å²) in [5.41, 5.74) is 0.779. The fourth-order valence-electron chi connectivity index (χ4n) is 3.17. The van der Waals surface area contributed by atoms with E-state index in [2.05, 4.69) is 15.6 Å². The van der Waals surface area contributed by atoms with Crippen molar-refractivity contribution in [3.8, 4) is 0 Å². The molecule has 1 fully saturated rings. The van der Waals surface area contributed by atoms with E-state index in [1.54, 1.807) is 36.5 Å². The first-order valence-electron chi connectivity index (χ1n) is 8.59. The van der Waals surface area contributed by atoms with E-state index in [0.29, 0.717) is 23.0 Å². The van der Waals surface area contributed by atoms with E-state index in [9.17, 15) is 9.18 Å². The van der Waals surface area contributed by atoms with Crippen LogP contribution in [0.15, 0.2) is 42.6 Å². The van der Waals surface area contributed by atoms with Gasteiger partial charge < -0.3 is 15.5 Å². The number of para-hydroxylation sites is 1. The summed E-state index contributed by atoms with van der Waals surface area (Å²) < 4.78 is 13.9. The molecule has 3 rings (SSSR count). The van der Waals surface area contributed by atoms with Crippen LogP contribution in [0.2, 0.25) is 0 Å². The van der Waals surface area contributed by atoms with Crippen LogP contribution in [0.5, 0.6) is 0 Å². The maximum absolute atomic E-state index is 13.9. The van der Waals surface area contributed by atoms with Crippen molar-refractivity contribution < 1.29 is 9.18 Å². The molecule has 0 aliphatic carbocycles. The summed E-state index contributed by atoms with van der Waals surface area (Å²) in [5, 5.41) is 6.14. The van der Waals surface area contributed by atoms with Crippen LogP contribution in [0.25, 0.3) is 0 Å². The van der Waals surface area contributed by atoms with Gasteiger partial charge in [-0.15, -0.1) is 24.8 Å². The van der Waals surface area contributed by atoms with Gasteiger partial charge in [0.2, 0.25) is 0 Å². The van der Waals surface area contributed by atoms with Crippen molar-refractivity contribution in [2.24, 2.45) is 5.92 Å². The molecule has 1 aromatic heterocycles. The number of amides is 1. The Balaban J connectivity index is 0.00000182. The molecule has 1 aromatic carbocycles. The van der Waals surface area contributed by atoms with Crippen LogP contribution in [-0.4, -0.2) is 42.5 Å². The van der Waals surface area contributed by atoms with Crippen molar-refractivity contribution in [1.82, 2.24) is 15.2 Å². The van der Waals surface area contributed by atoms with Gasteiger partial charge in [0.05, 0.1) is 11.3 Å². The highest BCUT2D eigenvalue weighted by atomic mass is 35.5. The molecule has 0 atom stereocenters. The molecule has 1 saturated heterocycles. The maximum atomic E-state index is 13.9. The monoisotopic (exact) mass is 414 g/mol. The number of pyridine rings is 1. The number of rotatable bonds is 5. The molecule has 1 amide bonds. The summed E-state index contributed by atoms with van der Waals surface area (Å²) in [6.45, 7) is 2.45. The summed E-state index contributed by atoms with van der Waals surface area (Å²) in [4.78, 5) is 19.0. The molecule has 0 radical (unpaired) electrons. The molecule has 1 aliphatic rings. The lowest BCUT2D eigenvalue weighted by Gasteiger charge is -2.32. The smallest absolute Gasteiger partial charge is 0.257 e. The summed E-state index contributed by atoms with van der Waals surface area (Å²) in [5.74, 6) is 0.559. The average molecular weight is 415 g/mol. The van der Waals surface area contributed by atoms with Crippen LogP contribution in [-0.2, 0) is 0 Å². The Kier molecular flexibility index (Phi) is 9.49. The van der Waals surface area contributed by atoms with Crippen LogP contribution in [0.3, 0.4) is 0 Å². The van der Waals surface area contributed by atoms with Crippen molar-refractivity contribution >= 4 is 42.2 Å². The molecule has 5 nitrogen and oxygen atoms in total. The van der Waals surface area contributed by atoms with E-state index in [1.165, 1.54) is 6.07 Å². The highest BCUT2D eigenvalue weighted by molar-refractivity contribution is 5.99. The van der Waals surface area contributed by atoms with Crippen LogP contribution in [0, 0.1) is 11.7 Å². The molecule has 148 valence electrons. The Bertz CT molecular complexity index is 739. The van der Waals surface area contributed by atoms with Crippen molar-refractivity contribution in [3.05, 3.63) is 54.0 Å². The number of hydrogen-bond donors (Lipinski definition) is 2. The van der Waals surface area contributed by atoms with E-state index in [-0.39, 0.29) is 36.5 Å². The van der Waals surface area contributed by atoms with Gasteiger partial charge in [-0.2, -0.15) is 0 Å². The van der Waals surface area contributed by atoms with E-state index < -0.39 is 0 Å². The van der Waals surface area contributed by atoms with Gasteiger partial charge in [-0.3, -0.25) is 4.79 Å². The summed E-state index contributed by atoms with van der Waals surface area (Å²) >= 11 is 0. The summed E-state index contributed by atoms with van der Waals surface area (Å²) in [7, 11) is 1.95. The number of nitrogens with one attached hydrogen (secondary N) is 2. The van der Waals surface area contributed by atoms with Crippen molar-refractivity contribution in [2.75, 3.05) is 32.0 Å². The molecule has 0 bridgehead atoms. The SMILES string of the molecule is CNCC1CCN(C(=O)c2cccnc2Nc2ccccc2F)CC1.Cl.Cl. The Morgan fingerprint density at radius 3 is 2.56 bits per heavy atom. The first-order chi connectivity index (χ1) is 12.2. The number of hydrogen-bond acceptors (Lipinski definition) is 4. The number of carbonyl (C=O) groups is 1. The van der Waals surface area contributed by atoms with E-state index >= 15 is 0 Å². The molecule has 0 unspecified atom stereocenters. The first kappa shape index (κ1) is 23.1. The van der Waals surface area contributed by atoms with Gasteiger partial charge in [-0.05, 0) is 56.6 Å². The Labute approximate surface area is 171 Å². The third-order valence-corrected chi connectivity index (χ3v) is 4.56. The van der Waals surface area contributed by atoms with Gasteiger partial charge in [0, 0.05) is 19.3 Å². The number of aromatic nitrogens is 1. The topological polar surface area (TPSA) is 57.3 Å². The summed E-state index contributed by atoms with van der Waals surface area (Å²) in [6.07, 6.45) is 3.57. The fraction of sp³-hybridized carbons (Fsp3) is 0.368. The minimum absolute atomic E-state index is 0. The van der Waals surface area contributed by atoms with E-state index in [4.69, 9.17) is 0 Å². The van der Waals surface area contributed by atoms with Gasteiger partial charge in [0.1, 0.15) is 11.6 Å². The minimum Gasteiger partial charge on any atom is -0.339 e. The molecule has 0 saturated carbocycles. The number of carbonyl (C=O) groups excluding carboxylic acids is 1. The molecular weight excluding hydrogens is 390 g/mol. The number of anilines is 2. The molecule has 2 heterocycles. The lowest BCUT2D eigenvalue weighted by molar-refractivity contribution is 0.0691. The van der Waals surface area contributed by atoms with Crippen LogP contribution < -0.4 is 10.6 Å². The number of nitrogens with zero attached hydrogens (tertiary/aromatic N) is 2. The second-order valence-corrected chi connectivity index (χ2v) is 6.30. The molecule has 2 aromatic rings. The summed E-state index contributed by atoms with van der Waals surface area (Å²) in [6, 6.07) is 9.83. The zero-order valence-corrected chi connectivity index (χ0v) is 16.8. The highest BCUT2D eigenvalue weighted by Crippen LogP contribution is 2.24. The number of likely N-dealkylation sites (tertiary alicyclic amines) is 1. The molecule has 2 N–H and O–H groups in total. The van der Waals surface area contributed by atoms with E-state index in [1.807, 2.05) is 11.9 Å². The molecule has 8 heteroatoms. The normalized spacial score (nSPS) is 14.1. The van der Waals surface area contributed by atoms with Crippen molar-refractivity contribution in [1.29, 1.82) is 0 Å². The van der Waals surface area contributed by atoms with Gasteiger partial charge in [0.15, 0.2) is 0 Å². The van der Waals surface area contributed by atoms with Gasteiger partial charge in [-0.1, -0.05) is 12.1 Å². The lowest BCUT2D eigenvalue weighted by atomic mass is 9.96. The van der Waals surface area contributed by atoms with Crippen molar-refractivity contribution in [2.45, 2.75) is 12.8 Å². The Morgan fingerprint density at radius 2 is 1.89 bits per heavy atom. The quantitative estimate of drug-likeness (QED) is 0.779. The number of halogens is 3. The molecule has 27 heavy (non-hydrogen) atoms. The Hall–Kier alpha value is -1.89. The number of piperidine rings is 1. The number of benzene rings is 1. The van der Waals surface area contributed by atoms with Crippen LogP contribution in [0.1, 0.15) is 23.2 Å². The lowest BCUT2D eigenvalue weighted by Crippen LogP contribution is -2.40. The van der Waals surface area contributed by atoms with Gasteiger partial charge >= 0.3 is 0 Å². The highest BCUT2D eigenvalue weighted by Gasteiger charge is 2.25. The maximum Gasteiger partial charge on any atom is 0.257 e. The third kappa shape index (κ3) is 5.79. The van der Waals surface area contributed by atoms with Crippen molar-refractivity contribution in [3.63, 3.8) is 0 Å². The van der Waals surface area contributed by atoms with Gasteiger partial charge in [-0.25, -0.2) is 9.37 Å². The second-order valence-electron chi connectivity index (χ2n) is 6.30. The zero-order chi connectivity index (χ0) is 17.6. The first-order valence-corrected chi connectivity index (χ1v) is 8.59. The fourth-order valence-corrected chi connectivity index (χ4v) is 3.17. The van der Waals surface area contributed by atoms with Gasteiger partial charge in [0.25, 0.3) is 5.91 Å². The van der Waals surface area contributed by atoms with Crippen LogP contribution >= 0.6 is 24.8 Å². The van der Waals surface area contributed by atoms with E-state index in [0.717, 1.165) is 32.5 Å². The second kappa shape index (κ2) is 11.1. The largest absolute Gasteiger partial charge is 0.339 e. The Morgan fingerprint density at radius 1 is 1.19 bits per heavy atom. The standard InChI is InChI=1S/C19H23FN4O.2ClH/c1-21-13-14-8-11-24(12-9-14)19(25)15-5-4-10-22-18(15)23-17-7-3-2-6-16(17)20;;/h2-7,10,14,21H,8-9,11-13H2,1H3,(H,22,23);2*1H. The molecule has 1 aliphatic heterocycles. The molecule has 0 spiro atoms. The average Bonchev–Trinajstić information content (AvgIpc) is 2.64.